The second-order valence-electron chi connectivity index (χ2n) is 5.13. The number of nitrogens with zero attached hydrogens (tertiary/aromatic N) is 2. The molecule has 0 spiro atoms. The third kappa shape index (κ3) is 2.89. The number of thiazole rings is 1. The minimum atomic E-state index is -0.110. The van der Waals surface area contributed by atoms with Crippen molar-refractivity contribution in [1.82, 2.24) is 9.97 Å². The van der Waals surface area contributed by atoms with E-state index in [0.29, 0.717) is 17.1 Å². The third-order valence-electron chi connectivity index (χ3n) is 3.48. The van der Waals surface area contributed by atoms with E-state index in [-0.39, 0.29) is 5.78 Å². The average Bonchev–Trinajstić information content (AvgIpc) is 3.27. The molecule has 116 valence electrons. The summed E-state index contributed by atoms with van der Waals surface area (Å²) in [6.45, 7) is 0. The van der Waals surface area contributed by atoms with Crippen LogP contribution in [0, 0.1) is 0 Å². The van der Waals surface area contributed by atoms with E-state index in [4.69, 9.17) is 4.42 Å². The molecule has 0 unspecified atom stereocenters. The molecule has 0 atom stereocenters. The van der Waals surface area contributed by atoms with Crippen LogP contribution in [0.2, 0.25) is 0 Å². The smallest absolute Gasteiger partial charge is 0.187 e. The number of furan rings is 1. The van der Waals surface area contributed by atoms with Gasteiger partial charge >= 0.3 is 0 Å². The predicted octanol–water partition coefficient (Wildman–Crippen LogP) is 4.85. The van der Waals surface area contributed by atoms with E-state index in [0.717, 1.165) is 15.2 Å². The Hall–Kier alpha value is -3.05. The Balaban J connectivity index is 1.56. The van der Waals surface area contributed by atoms with Crippen LogP contribution in [0.15, 0.2) is 71.4 Å². The van der Waals surface area contributed by atoms with Gasteiger partial charge in [-0.15, -0.1) is 11.3 Å². The summed E-state index contributed by atoms with van der Waals surface area (Å²) >= 11 is 1.58. The van der Waals surface area contributed by atoms with Crippen molar-refractivity contribution < 1.29 is 9.21 Å². The van der Waals surface area contributed by atoms with Crippen molar-refractivity contribution in [3.05, 3.63) is 78.3 Å². The number of para-hydroxylation sites is 1. The van der Waals surface area contributed by atoms with Gasteiger partial charge in [0.2, 0.25) is 0 Å². The molecule has 0 bridgehead atoms. The standard InChI is InChI=1S/C19H12N2O2S/c22-16(13-4-3-11-20-12-13)9-7-14-8-10-17(23-14)19-21-15-5-1-2-6-18(15)24-19/h1-12H. The van der Waals surface area contributed by atoms with E-state index >= 15 is 0 Å². The van der Waals surface area contributed by atoms with Gasteiger partial charge in [-0.2, -0.15) is 0 Å². The normalized spacial score (nSPS) is 11.3. The number of carbonyl (C=O) groups excluding carboxylic acids is 1. The number of carbonyl (C=O) groups is 1. The van der Waals surface area contributed by atoms with E-state index in [1.165, 1.54) is 6.08 Å². The Morgan fingerprint density at radius 3 is 2.83 bits per heavy atom. The van der Waals surface area contributed by atoms with E-state index in [1.54, 1.807) is 41.9 Å². The first-order valence-electron chi connectivity index (χ1n) is 7.38. The van der Waals surface area contributed by atoms with Crippen LogP contribution in [0.3, 0.4) is 0 Å². The highest BCUT2D eigenvalue weighted by molar-refractivity contribution is 7.21. The van der Waals surface area contributed by atoms with Crippen molar-refractivity contribution >= 4 is 33.4 Å². The van der Waals surface area contributed by atoms with Gasteiger partial charge in [0.05, 0.1) is 10.2 Å². The number of ketones is 1. The topological polar surface area (TPSA) is 56.0 Å². The summed E-state index contributed by atoms with van der Waals surface area (Å²) in [7, 11) is 0. The van der Waals surface area contributed by atoms with E-state index in [1.807, 2.05) is 36.4 Å². The number of hydrogen-bond donors (Lipinski definition) is 0. The molecular weight excluding hydrogens is 320 g/mol. The van der Waals surface area contributed by atoms with Gasteiger partial charge in [0.25, 0.3) is 0 Å². The summed E-state index contributed by atoms with van der Waals surface area (Å²) in [4.78, 5) is 20.5. The lowest BCUT2D eigenvalue weighted by atomic mass is 10.2. The summed E-state index contributed by atoms with van der Waals surface area (Å²) in [6, 6.07) is 15.1. The van der Waals surface area contributed by atoms with Gasteiger partial charge in [-0.05, 0) is 48.6 Å². The summed E-state index contributed by atoms with van der Waals surface area (Å²) in [5.41, 5.74) is 1.50. The van der Waals surface area contributed by atoms with Crippen LogP contribution in [0.5, 0.6) is 0 Å². The Morgan fingerprint density at radius 2 is 2.00 bits per heavy atom. The number of pyridine rings is 1. The lowest BCUT2D eigenvalue weighted by Crippen LogP contribution is -1.93. The molecule has 0 aliphatic carbocycles. The van der Waals surface area contributed by atoms with Gasteiger partial charge in [-0.3, -0.25) is 9.78 Å². The molecule has 4 nitrogen and oxygen atoms in total. The molecule has 0 aliphatic rings. The summed E-state index contributed by atoms with van der Waals surface area (Å²) in [5, 5.41) is 0.828. The van der Waals surface area contributed by atoms with Crippen LogP contribution >= 0.6 is 11.3 Å². The molecule has 3 heterocycles. The zero-order valence-corrected chi connectivity index (χ0v) is 13.4. The quantitative estimate of drug-likeness (QED) is 0.396. The van der Waals surface area contributed by atoms with Crippen molar-refractivity contribution in [2.75, 3.05) is 0 Å². The van der Waals surface area contributed by atoms with Gasteiger partial charge in [0.15, 0.2) is 16.6 Å². The van der Waals surface area contributed by atoms with Crippen molar-refractivity contribution in [1.29, 1.82) is 0 Å². The zero-order chi connectivity index (χ0) is 16.4. The molecule has 1 aromatic carbocycles. The minimum Gasteiger partial charge on any atom is -0.454 e. The molecular formula is C19H12N2O2S. The number of rotatable bonds is 4. The first-order valence-corrected chi connectivity index (χ1v) is 8.19. The van der Waals surface area contributed by atoms with Crippen molar-refractivity contribution in [2.24, 2.45) is 0 Å². The Labute approximate surface area is 142 Å². The number of aromatic nitrogens is 2. The Bertz CT molecular complexity index is 999. The lowest BCUT2D eigenvalue weighted by molar-refractivity contribution is 0.104. The third-order valence-corrected chi connectivity index (χ3v) is 4.53. The van der Waals surface area contributed by atoms with Gasteiger partial charge in [-0.25, -0.2) is 4.98 Å². The van der Waals surface area contributed by atoms with Crippen LogP contribution < -0.4 is 0 Å². The molecule has 0 fully saturated rings. The fourth-order valence-corrected chi connectivity index (χ4v) is 3.22. The van der Waals surface area contributed by atoms with Crippen LogP contribution in [-0.4, -0.2) is 15.8 Å². The number of hydrogen-bond acceptors (Lipinski definition) is 5. The molecule has 0 amide bonds. The first-order chi connectivity index (χ1) is 11.8. The number of allylic oxidation sites excluding steroid dienone is 1. The van der Waals surface area contributed by atoms with E-state index < -0.39 is 0 Å². The molecule has 3 aromatic heterocycles. The molecule has 0 saturated heterocycles. The highest BCUT2D eigenvalue weighted by Crippen LogP contribution is 2.31. The van der Waals surface area contributed by atoms with Gasteiger partial charge < -0.3 is 4.42 Å². The fourth-order valence-electron chi connectivity index (χ4n) is 2.30. The predicted molar refractivity (Wildman–Crippen MR) is 94.9 cm³/mol. The van der Waals surface area contributed by atoms with Crippen LogP contribution in [0.1, 0.15) is 16.1 Å². The molecule has 4 aromatic rings. The molecule has 0 saturated carbocycles. The molecule has 24 heavy (non-hydrogen) atoms. The maximum atomic E-state index is 12.0. The Morgan fingerprint density at radius 1 is 1.08 bits per heavy atom. The zero-order valence-electron chi connectivity index (χ0n) is 12.5. The highest BCUT2D eigenvalue weighted by atomic mass is 32.1. The maximum absolute atomic E-state index is 12.0. The Kier molecular flexibility index (Phi) is 3.76. The SMILES string of the molecule is O=C(C=Cc1ccc(-c2nc3ccccc3s2)o1)c1cccnc1. The minimum absolute atomic E-state index is 0.110. The van der Waals surface area contributed by atoms with Crippen molar-refractivity contribution in [3.63, 3.8) is 0 Å². The second-order valence-corrected chi connectivity index (χ2v) is 6.16. The average molecular weight is 332 g/mol. The van der Waals surface area contributed by atoms with Gasteiger partial charge in [0, 0.05) is 18.0 Å². The molecule has 0 aliphatic heterocycles. The number of fused-ring (bicyclic) bond motifs is 1. The lowest BCUT2D eigenvalue weighted by Gasteiger charge is -1.92. The maximum Gasteiger partial charge on any atom is 0.187 e. The molecule has 0 radical (unpaired) electrons. The molecule has 4 rings (SSSR count). The summed E-state index contributed by atoms with van der Waals surface area (Å²) in [5.74, 6) is 1.20. The van der Waals surface area contributed by atoms with Crippen LogP contribution in [0.25, 0.3) is 27.1 Å². The van der Waals surface area contributed by atoms with E-state index in [9.17, 15) is 4.79 Å². The number of benzene rings is 1. The van der Waals surface area contributed by atoms with Gasteiger partial charge in [-0.1, -0.05) is 12.1 Å². The van der Waals surface area contributed by atoms with Gasteiger partial charge in [0.1, 0.15) is 5.76 Å². The van der Waals surface area contributed by atoms with Crippen LogP contribution in [-0.2, 0) is 0 Å². The summed E-state index contributed by atoms with van der Waals surface area (Å²) < 4.78 is 6.90. The van der Waals surface area contributed by atoms with Crippen molar-refractivity contribution in [2.45, 2.75) is 0 Å². The second kappa shape index (κ2) is 6.22. The monoisotopic (exact) mass is 332 g/mol. The largest absolute Gasteiger partial charge is 0.454 e. The fraction of sp³-hybridized carbons (Fsp3) is 0. The highest BCUT2D eigenvalue weighted by Gasteiger charge is 2.09. The summed E-state index contributed by atoms with van der Waals surface area (Å²) in [6.07, 6.45) is 6.32. The van der Waals surface area contributed by atoms with Crippen LogP contribution in [0.4, 0.5) is 0 Å². The molecule has 0 N–H and O–H groups in total. The first kappa shape index (κ1) is 14.5. The van der Waals surface area contributed by atoms with Crippen molar-refractivity contribution in [3.8, 4) is 10.8 Å². The van der Waals surface area contributed by atoms with E-state index in [2.05, 4.69) is 9.97 Å². The molecule has 5 heteroatoms.